The SMILES string of the molecule is Cl.O=C1CCCN1c1ccc(C2=NNC(=Nc3ccc(Cl)cc3)SC2)cc1. The predicted molar refractivity (Wildman–Crippen MR) is 116 cm³/mol. The lowest BCUT2D eigenvalue weighted by Crippen LogP contribution is -2.25. The van der Waals surface area contributed by atoms with Crippen LogP contribution >= 0.6 is 35.8 Å². The summed E-state index contributed by atoms with van der Waals surface area (Å²) in [5.41, 5.74) is 6.81. The van der Waals surface area contributed by atoms with Crippen molar-refractivity contribution >= 4 is 63.9 Å². The molecular weight excluding hydrogens is 403 g/mol. The van der Waals surface area contributed by atoms with Gasteiger partial charge in [0, 0.05) is 29.4 Å². The molecule has 4 rings (SSSR count). The number of carbonyl (C=O) groups is 1. The van der Waals surface area contributed by atoms with Gasteiger partial charge in [0.2, 0.25) is 5.91 Å². The summed E-state index contributed by atoms with van der Waals surface area (Å²) in [4.78, 5) is 18.2. The van der Waals surface area contributed by atoms with Crippen LogP contribution in [0.1, 0.15) is 18.4 Å². The maximum absolute atomic E-state index is 11.8. The first kappa shape index (κ1) is 19.7. The zero-order valence-electron chi connectivity index (χ0n) is 14.4. The molecule has 1 amide bonds. The number of hydrogen-bond donors (Lipinski definition) is 1. The molecule has 2 aliphatic rings. The molecule has 0 aliphatic carbocycles. The van der Waals surface area contributed by atoms with E-state index in [1.807, 2.05) is 53.4 Å². The van der Waals surface area contributed by atoms with E-state index >= 15 is 0 Å². The normalized spacial score (nSPS) is 18.1. The van der Waals surface area contributed by atoms with Gasteiger partial charge in [0.15, 0.2) is 5.17 Å². The Balaban J connectivity index is 0.00000210. The topological polar surface area (TPSA) is 57.1 Å². The molecule has 2 heterocycles. The van der Waals surface area contributed by atoms with Gasteiger partial charge in [-0.25, -0.2) is 4.99 Å². The quantitative estimate of drug-likeness (QED) is 0.787. The second-order valence-electron chi connectivity index (χ2n) is 6.05. The molecule has 0 spiro atoms. The fraction of sp³-hybridized carbons (Fsp3) is 0.211. The zero-order chi connectivity index (χ0) is 17.9. The van der Waals surface area contributed by atoms with Crippen molar-refractivity contribution in [1.29, 1.82) is 0 Å². The molecule has 1 saturated heterocycles. The molecule has 0 atom stereocenters. The number of nitrogens with one attached hydrogen (secondary N) is 1. The summed E-state index contributed by atoms with van der Waals surface area (Å²) in [7, 11) is 0. The van der Waals surface area contributed by atoms with E-state index in [4.69, 9.17) is 11.6 Å². The highest BCUT2D eigenvalue weighted by Crippen LogP contribution is 2.24. The highest BCUT2D eigenvalue weighted by molar-refractivity contribution is 8.14. The van der Waals surface area contributed by atoms with Crippen LogP contribution in [0.15, 0.2) is 58.6 Å². The molecule has 1 N–H and O–H groups in total. The van der Waals surface area contributed by atoms with Gasteiger partial charge in [-0.3, -0.25) is 10.2 Å². The van der Waals surface area contributed by atoms with Crippen molar-refractivity contribution in [3.63, 3.8) is 0 Å². The van der Waals surface area contributed by atoms with Crippen molar-refractivity contribution in [3.05, 3.63) is 59.1 Å². The average molecular weight is 421 g/mol. The molecule has 27 heavy (non-hydrogen) atoms. The van der Waals surface area contributed by atoms with Crippen LogP contribution in [0.5, 0.6) is 0 Å². The Morgan fingerprint density at radius 2 is 1.85 bits per heavy atom. The number of anilines is 1. The van der Waals surface area contributed by atoms with E-state index in [0.717, 1.165) is 46.5 Å². The Morgan fingerprint density at radius 1 is 1.11 bits per heavy atom. The number of rotatable bonds is 3. The molecule has 8 heteroatoms. The predicted octanol–water partition coefficient (Wildman–Crippen LogP) is 4.62. The second kappa shape index (κ2) is 8.78. The van der Waals surface area contributed by atoms with Gasteiger partial charge < -0.3 is 4.90 Å². The van der Waals surface area contributed by atoms with Crippen LogP contribution < -0.4 is 10.3 Å². The largest absolute Gasteiger partial charge is 0.312 e. The van der Waals surface area contributed by atoms with Crippen molar-refractivity contribution in [3.8, 4) is 0 Å². The van der Waals surface area contributed by atoms with Crippen LogP contribution in [-0.2, 0) is 4.79 Å². The fourth-order valence-corrected chi connectivity index (χ4v) is 3.82. The number of nitrogens with zero attached hydrogens (tertiary/aromatic N) is 3. The lowest BCUT2D eigenvalue weighted by atomic mass is 10.1. The van der Waals surface area contributed by atoms with Crippen LogP contribution in [0.3, 0.4) is 0 Å². The maximum Gasteiger partial charge on any atom is 0.227 e. The minimum Gasteiger partial charge on any atom is -0.312 e. The smallest absolute Gasteiger partial charge is 0.227 e. The molecule has 140 valence electrons. The van der Waals surface area contributed by atoms with Gasteiger partial charge in [0.25, 0.3) is 0 Å². The van der Waals surface area contributed by atoms with Crippen molar-refractivity contribution in [2.75, 3.05) is 17.2 Å². The average Bonchev–Trinajstić information content (AvgIpc) is 3.10. The van der Waals surface area contributed by atoms with Gasteiger partial charge in [-0.1, -0.05) is 35.5 Å². The third-order valence-corrected chi connectivity index (χ3v) is 5.40. The number of benzene rings is 2. The Kier molecular flexibility index (Phi) is 6.42. The molecule has 0 saturated carbocycles. The summed E-state index contributed by atoms with van der Waals surface area (Å²) >= 11 is 7.49. The molecule has 5 nitrogen and oxygen atoms in total. The number of aliphatic imine (C=N–C) groups is 1. The van der Waals surface area contributed by atoms with E-state index in [1.54, 1.807) is 11.8 Å². The Morgan fingerprint density at radius 3 is 2.44 bits per heavy atom. The summed E-state index contributed by atoms with van der Waals surface area (Å²) in [6.07, 6.45) is 1.58. The van der Waals surface area contributed by atoms with E-state index < -0.39 is 0 Å². The summed E-state index contributed by atoms with van der Waals surface area (Å²) in [6, 6.07) is 15.4. The second-order valence-corrected chi connectivity index (χ2v) is 7.45. The highest BCUT2D eigenvalue weighted by atomic mass is 35.5. The monoisotopic (exact) mass is 420 g/mol. The van der Waals surface area contributed by atoms with Crippen molar-refractivity contribution < 1.29 is 4.79 Å². The first-order valence-corrected chi connectivity index (χ1v) is 9.76. The Labute approximate surface area is 173 Å². The van der Waals surface area contributed by atoms with Crippen molar-refractivity contribution in [1.82, 2.24) is 5.43 Å². The molecule has 2 aliphatic heterocycles. The van der Waals surface area contributed by atoms with Gasteiger partial charge in [-0.05, 0) is 48.4 Å². The number of amidine groups is 1. The van der Waals surface area contributed by atoms with Gasteiger partial charge in [-0.15, -0.1) is 12.4 Å². The minimum absolute atomic E-state index is 0. The molecule has 0 bridgehead atoms. The van der Waals surface area contributed by atoms with Crippen LogP contribution in [0, 0.1) is 0 Å². The minimum atomic E-state index is 0. The maximum atomic E-state index is 11.8. The number of carbonyl (C=O) groups excluding carboxylic acids is 1. The number of hydrogen-bond acceptors (Lipinski definition) is 4. The molecule has 0 aromatic heterocycles. The Bertz CT molecular complexity index is 882. The van der Waals surface area contributed by atoms with Gasteiger partial charge in [-0.2, -0.15) is 5.10 Å². The van der Waals surface area contributed by atoms with Gasteiger partial charge in [0.1, 0.15) is 0 Å². The standard InChI is InChI=1S/C19H17ClN4OS.ClH/c20-14-5-7-15(8-6-14)21-19-23-22-17(12-26-19)13-3-9-16(10-4-13)24-11-1-2-18(24)25;/h3-10H,1-2,11-12H2,(H,21,23);1H. The van der Waals surface area contributed by atoms with Crippen molar-refractivity contribution in [2.45, 2.75) is 12.8 Å². The van der Waals surface area contributed by atoms with E-state index in [-0.39, 0.29) is 18.3 Å². The first-order chi connectivity index (χ1) is 12.7. The number of amides is 1. The van der Waals surface area contributed by atoms with Crippen molar-refractivity contribution in [2.24, 2.45) is 10.1 Å². The number of thioether (sulfide) groups is 1. The summed E-state index contributed by atoms with van der Waals surface area (Å²) in [6.45, 7) is 0.807. The third kappa shape index (κ3) is 4.64. The van der Waals surface area contributed by atoms with Crippen LogP contribution in [-0.4, -0.2) is 29.1 Å². The molecule has 0 unspecified atom stereocenters. The zero-order valence-corrected chi connectivity index (χ0v) is 16.8. The molecule has 2 aromatic carbocycles. The van der Waals surface area contributed by atoms with Crippen LogP contribution in [0.25, 0.3) is 0 Å². The summed E-state index contributed by atoms with van der Waals surface area (Å²) in [5, 5.41) is 5.90. The third-order valence-electron chi connectivity index (χ3n) is 4.27. The number of halogens is 2. The van der Waals surface area contributed by atoms with Crippen LogP contribution in [0.4, 0.5) is 11.4 Å². The fourth-order valence-electron chi connectivity index (χ4n) is 2.91. The molecule has 2 aromatic rings. The lowest BCUT2D eigenvalue weighted by Gasteiger charge is -2.18. The van der Waals surface area contributed by atoms with Gasteiger partial charge in [0.05, 0.1) is 11.4 Å². The number of hydrazone groups is 1. The molecular formula is C19H18Cl2N4OS. The molecule has 0 radical (unpaired) electrons. The van der Waals surface area contributed by atoms with E-state index in [9.17, 15) is 4.79 Å². The van der Waals surface area contributed by atoms with Gasteiger partial charge >= 0.3 is 0 Å². The van der Waals surface area contributed by atoms with E-state index in [2.05, 4.69) is 15.5 Å². The first-order valence-electron chi connectivity index (χ1n) is 8.39. The van der Waals surface area contributed by atoms with Crippen LogP contribution in [0.2, 0.25) is 5.02 Å². The van der Waals surface area contributed by atoms with E-state index in [0.29, 0.717) is 11.4 Å². The summed E-state index contributed by atoms with van der Waals surface area (Å²) in [5.74, 6) is 0.939. The molecule has 1 fully saturated rings. The highest BCUT2D eigenvalue weighted by Gasteiger charge is 2.21. The summed E-state index contributed by atoms with van der Waals surface area (Å²) < 4.78 is 0. The Hall–Kier alpha value is -2.02. The van der Waals surface area contributed by atoms with E-state index in [1.165, 1.54) is 0 Å². The lowest BCUT2D eigenvalue weighted by molar-refractivity contribution is -0.117.